The number of aromatic amines is 1. The Morgan fingerprint density at radius 2 is 2.56 bits per heavy atom. The topological polar surface area (TPSA) is 95.3 Å². The van der Waals surface area contributed by atoms with Gasteiger partial charge in [-0.3, -0.25) is 10.5 Å². The third-order valence-electron chi connectivity index (χ3n) is 0.717. The van der Waals surface area contributed by atoms with Crippen LogP contribution in [0.2, 0.25) is 0 Å². The van der Waals surface area contributed by atoms with Crippen molar-refractivity contribution in [2.45, 2.75) is 6.42 Å². The molecule has 1 rings (SSSR count). The van der Waals surface area contributed by atoms with Gasteiger partial charge in [0, 0.05) is 0 Å². The molecule has 6 heteroatoms. The fraction of sp³-hybridized carbons (Fsp3) is 0.333. The van der Waals surface area contributed by atoms with Gasteiger partial charge in [-0.15, -0.1) is 5.10 Å². The number of rotatable bonds is 2. The molecule has 0 bridgehead atoms. The van der Waals surface area contributed by atoms with E-state index in [1.807, 2.05) is 0 Å². The van der Waals surface area contributed by atoms with Gasteiger partial charge >= 0.3 is 0 Å². The van der Waals surface area contributed by atoms with E-state index in [0.29, 0.717) is 5.82 Å². The molecule has 0 aliphatic heterocycles. The van der Waals surface area contributed by atoms with Crippen LogP contribution >= 0.6 is 0 Å². The van der Waals surface area contributed by atoms with E-state index < -0.39 is 5.91 Å². The van der Waals surface area contributed by atoms with Crippen LogP contribution in [0.5, 0.6) is 0 Å². The lowest BCUT2D eigenvalue weighted by Gasteiger charge is -1.82. The van der Waals surface area contributed by atoms with Gasteiger partial charge < -0.3 is 0 Å². The van der Waals surface area contributed by atoms with Gasteiger partial charge in [0.15, 0.2) is 5.82 Å². The maximum Gasteiger partial charge on any atom is 0.246 e. The number of H-pyrrole nitrogens is 1. The van der Waals surface area contributed by atoms with Gasteiger partial charge in [0.05, 0.1) is 6.42 Å². The Morgan fingerprint density at radius 3 is 3.00 bits per heavy atom. The van der Waals surface area contributed by atoms with Crippen molar-refractivity contribution in [2.24, 2.45) is 0 Å². The van der Waals surface area contributed by atoms with E-state index in [1.54, 1.807) is 0 Å². The van der Waals surface area contributed by atoms with Crippen LogP contribution in [-0.4, -0.2) is 26.5 Å². The van der Waals surface area contributed by atoms with Crippen molar-refractivity contribution in [3.8, 4) is 0 Å². The fourth-order valence-electron chi connectivity index (χ4n) is 0.406. The Hall–Kier alpha value is -1.46. The average molecular weight is 126 g/mol. The third kappa shape index (κ3) is 1.48. The zero-order valence-corrected chi connectivity index (χ0v) is 4.46. The number of carbonyl (C=O) groups is 1. The number of aromatic nitrogens is 4. The highest BCUT2D eigenvalue weighted by Crippen LogP contribution is 1.82. The number of tetrazole rings is 1. The minimum absolute atomic E-state index is 0.0486. The first-order chi connectivity index (χ1) is 4.29. The quantitative estimate of drug-likeness (QED) is 0.524. The minimum atomic E-state index is -0.700. The number of carbonyl (C=O) groups excluding carboxylic acids is 1. The third-order valence-corrected chi connectivity index (χ3v) is 0.717. The standard InChI is InChI=1S/C3H4N5O/c4-2(9)1-3-5-7-8-6-3/h4H,1H2,(H,5,6,7,8). The van der Waals surface area contributed by atoms with Crippen LogP contribution in [0.4, 0.5) is 0 Å². The maximum atomic E-state index is 10.1. The molecule has 0 saturated carbocycles. The predicted octanol–water partition coefficient (Wildman–Crippen LogP) is -1.45. The number of hydrogen-bond acceptors (Lipinski definition) is 4. The van der Waals surface area contributed by atoms with Gasteiger partial charge in [0.2, 0.25) is 5.91 Å². The highest BCUT2D eigenvalue weighted by molar-refractivity contribution is 5.74. The smallest absolute Gasteiger partial charge is 0.246 e. The molecule has 6 nitrogen and oxygen atoms in total. The largest absolute Gasteiger partial charge is 0.273 e. The summed E-state index contributed by atoms with van der Waals surface area (Å²) in [5.74, 6) is -0.372. The second-order valence-electron chi connectivity index (χ2n) is 1.45. The number of hydrogen-bond donors (Lipinski definition) is 1. The van der Waals surface area contributed by atoms with Crippen LogP contribution in [0.25, 0.3) is 0 Å². The summed E-state index contributed by atoms with van der Waals surface area (Å²) in [7, 11) is 0. The van der Waals surface area contributed by atoms with Crippen LogP contribution in [-0.2, 0) is 11.2 Å². The van der Waals surface area contributed by atoms with E-state index in [0.717, 1.165) is 0 Å². The molecule has 0 aliphatic rings. The normalized spacial score (nSPS) is 9.33. The molecule has 9 heavy (non-hydrogen) atoms. The van der Waals surface area contributed by atoms with Crippen molar-refractivity contribution < 1.29 is 4.79 Å². The van der Waals surface area contributed by atoms with Crippen molar-refractivity contribution >= 4 is 5.91 Å². The summed E-state index contributed by atoms with van der Waals surface area (Å²) in [6, 6.07) is 0. The average Bonchev–Trinajstić information content (AvgIpc) is 2.15. The van der Waals surface area contributed by atoms with Crippen molar-refractivity contribution in [1.29, 1.82) is 0 Å². The molecule has 0 saturated heterocycles. The summed E-state index contributed by atoms with van der Waals surface area (Å²) in [5.41, 5.74) is 6.50. The van der Waals surface area contributed by atoms with E-state index in [2.05, 4.69) is 20.6 Å². The molecule has 0 atom stereocenters. The van der Waals surface area contributed by atoms with Gasteiger partial charge in [-0.2, -0.15) is 0 Å². The molecular formula is C3H4N5O. The number of nitrogens with one attached hydrogen (secondary N) is 2. The van der Waals surface area contributed by atoms with Gasteiger partial charge in [-0.25, -0.2) is 5.10 Å². The summed E-state index contributed by atoms with van der Waals surface area (Å²) >= 11 is 0. The lowest BCUT2D eigenvalue weighted by atomic mass is 10.4. The van der Waals surface area contributed by atoms with Crippen molar-refractivity contribution in [3.63, 3.8) is 0 Å². The summed E-state index contributed by atoms with van der Waals surface area (Å²) in [4.78, 5) is 10.1. The summed E-state index contributed by atoms with van der Waals surface area (Å²) in [6.45, 7) is 0. The van der Waals surface area contributed by atoms with Crippen LogP contribution in [0.1, 0.15) is 5.82 Å². The van der Waals surface area contributed by atoms with Crippen LogP contribution in [0.3, 0.4) is 0 Å². The Bertz CT molecular complexity index is 192. The Balaban J connectivity index is 2.58. The molecule has 1 amide bonds. The maximum absolute atomic E-state index is 10.1. The molecular weight excluding hydrogens is 122 g/mol. The molecule has 0 spiro atoms. The minimum Gasteiger partial charge on any atom is -0.273 e. The Kier molecular flexibility index (Phi) is 1.39. The zero-order valence-electron chi connectivity index (χ0n) is 4.46. The first kappa shape index (κ1) is 5.67. The summed E-state index contributed by atoms with van der Waals surface area (Å²) in [6.07, 6.45) is -0.0486. The molecule has 0 unspecified atom stereocenters. The van der Waals surface area contributed by atoms with E-state index in [1.165, 1.54) is 0 Å². The summed E-state index contributed by atoms with van der Waals surface area (Å²) in [5, 5.41) is 12.2. The second kappa shape index (κ2) is 2.21. The molecule has 0 fully saturated rings. The van der Waals surface area contributed by atoms with E-state index in [4.69, 9.17) is 5.73 Å². The molecule has 1 heterocycles. The molecule has 0 aromatic carbocycles. The van der Waals surface area contributed by atoms with Crippen LogP contribution in [0.15, 0.2) is 0 Å². The van der Waals surface area contributed by atoms with E-state index in [-0.39, 0.29) is 6.42 Å². The molecule has 0 aliphatic carbocycles. The van der Waals surface area contributed by atoms with E-state index >= 15 is 0 Å². The first-order valence-corrected chi connectivity index (χ1v) is 2.26. The SMILES string of the molecule is [NH]C(=O)Cc1nnn[nH]1. The van der Waals surface area contributed by atoms with Gasteiger partial charge in [-0.05, 0) is 10.4 Å². The highest BCUT2D eigenvalue weighted by atomic mass is 16.1. The van der Waals surface area contributed by atoms with Gasteiger partial charge in [0.1, 0.15) is 0 Å². The molecule has 2 N–H and O–H groups in total. The zero-order chi connectivity index (χ0) is 6.69. The van der Waals surface area contributed by atoms with Gasteiger partial charge in [-0.1, -0.05) is 0 Å². The van der Waals surface area contributed by atoms with Crippen molar-refractivity contribution in [3.05, 3.63) is 5.82 Å². The highest BCUT2D eigenvalue weighted by Gasteiger charge is 2.00. The van der Waals surface area contributed by atoms with Crippen LogP contribution in [0, 0.1) is 0 Å². The van der Waals surface area contributed by atoms with Crippen molar-refractivity contribution in [1.82, 2.24) is 26.4 Å². The predicted molar refractivity (Wildman–Crippen MR) is 26.0 cm³/mol. The van der Waals surface area contributed by atoms with Crippen LogP contribution < -0.4 is 5.73 Å². The molecule has 1 aromatic heterocycles. The number of amides is 1. The van der Waals surface area contributed by atoms with Crippen molar-refractivity contribution in [2.75, 3.05) is 0 Å². The fourth-order valence-corrected chi connectivity index (χ4v) is 0.406. The monoisotopic (exact) mass is 126 g/mol. The summed E-state index contributed by atoms with van der Waals surface area (Å²) < 4.78 is 0. The second-order valence-corrected chi connectivity index (χ2v) is 1.45. The Labute approximate surface area is 50.4 Å². The van der Waals surface area contributed by atoms with Gasteiger partial charge in [0.25, 0.3) is 0 Å². The lowest BCUT2D eigenvalue weighted by Crippen LogP contribution is -2.03. The molecule has 1 aromatic rings. The first-order valence-electron chi connectivity index (χ1n) is 2.26. The number of nitrogens with zero attached hydrogens (tertiary/aromatic N) is 3. The van der Waals surface area contributed by atoms with E-state index in [9.17, 15) is 4.79 Å². The lowest BCUT2D eigenvalue weighted by molar-refractivity contribution is -0.118. The molecule has 47 valence electrons. The molecule has 1 radical (unpaired) electrons. The Morgan fingerprint density at radius 1 is 1.78 bits per heavy atom.